The van der Waals surface area contributed by atoms with Crippen molar-refractivity contribution in [2.75, 3.05) is 5.32 Å². The van der Waals surface area contributed by atoms with Crippen molar-refractivity contribution >= 4 is 27.1 Å². The summed E-state index contributed by atoms with van der Waals surface area (Å²) in [6, 6.07) is 4.36. The molecular formula is C13H10F5N3OS. The summed E-state index contributed by atoms with van der Waals surface area (Å²) in [7, 11) is -9.63. The molecule has 0 radical (unpaired) electrons. The molecule has 0 aliphatic rings. The number of aromatic nitrogens is 2. The van der Waals surface area contributed by atoms with Crippen molar-refractivity contribution in [2.24, 2.45) is 0 Å². The van der Waals surface area contributed by atoms with Gasteiger partial charge in [-0.25, -0.2) is 9.97 Å². The fraction of sp³-hybridized carbons (Fsp3) is 0.0769. The maximum atomic E-state index is 12.6. The van der Waals surface area contributed by atoms with Gasteiger partial charge in [-0.3, -0.25) is 0 Å². The number of hydrogen-bond donors (Lipinski definition) is 1. The number of nitrogens with one attached hydrogen (secondary N) is 1. The lowest BCUT2D eigenvalue weighted by Gasteiger charge is -2.40. The molecule has 4 nitrogen and oxygen atoms in total. The first-order valence-electron chi connectivity index (χ1n) is 6.28. The Hall–Kier alpha value is -2.36. The Morgan fingerprint density at radius 2 is 1.65 bits per heavy atom. The largest absolute Gasteiger partial charge is 0.459 e. The van der Waals surface area contributed by atoms with Crippen LogP contribution in [-0.2, 0) is 6.54 Å². The van der Waals surface area contributed by atoms with Crippen LogP contribution in [0.3, 0.4) is 0 Å². The fourth-order valence-corrected chi connectivity index (χ4v) is 2.62. The van der Waals surface area contributed by atoms with Gasteiger partial charge in [-0.1, -0.05) is 31.6 Å². The van der Waals surface area contributed by atoms with Crippen LogP contribution in [0.1, 0.15) is 5.56 Å². The Labute approximate surface area is 127 Å². The standard InChI is InChI=1S/C13H10F5N3OS/c14-23(15,16,17,18)10-3-1-9(2-4-10)7-19-13-12-11(5-6-22-12)20-8-21-13/h1-6,8H,7H2,(H,19,20,21). The molecule has 1 aromatic carbocycles. The first kappa shape index (κ1) is 15.5. The minimum atomic E-state index is -9.63. The summed E-state index contributed by atoms with van der Waals surface area (Å²) in [5, 5.41) is 2.86. The fourth-order valence-electron chi connectivity index (χ4n) is 1.96. The maximum Gasteiger partial charge on any atom is 0.310 e. The summed E-state index contributed by atoms with van der Waals surface area (Å²) in [6.07, 6.45) is 2.73. The topological polar surface area (TPSA) is 51.0 Å². The number of benzene rings is 1. The van der Waals surface area contributed by atoms with Crippen LogP contribution in [0, 0.1) is 0 Å². The normalized spacial score (nSPS) is 15.2. The van der Waals surface area contributed by atoms with Gasteiger partial charge in [-0.15, -0.1) is 0 Å². The van der Waals surface area contributed by atoms with E-state index in [1.807, 2.05) is 0 Å². The number of rotatable bonds is 4. The lowest BCUT2D eigenvalue weighted by molar-refractivity contribution is 0.364. The molecule has 0 saturated heterocycles. The van der Waals surface area contributed by atoms with E-state index in [2.05, 4.69) is 15.3 Å². The molecule has 0 aliphatic heterocycles. The van der Waals surface area contributed by atoms with Crippen LogP contribution >= 0.6 is 10.2 Å². The van der Waals surface area contributed by atoms with E-state index in [9.17, 15) is 19.4 Å². The van der Waals surface area contributed by atoms with Crippen molar-refractivity contribution in [3.63, 3.8) is 0 Å². The highest BCUT2D eigenvalue weighted by molar-refractivity contribution is 8.45. The summed E-state index contributed by atoms with van der Waals surface area (Å²) < 4.78 is 68.3. The highest BCUT2D eigenvalue weighted by Gasteiger charge is 2.65. The highest BCUT2D eigenvalue weighted by atomic mass is 32.5. The first-order chi connectivity index (χ1) is 10.5. The Bertz CT molecular complexity index is 861. The van der Waals surface area contributed by atoms with E-state index in [0.29, 0.717) is 34.6 Å². The minimum absolute atomic E-state index is 0.0907. The van der Waals surface area contributed by atoms with Crippen molar-refractivity contribution in [1.29, 1.82) is 0 Å². The molecule has 2 heterocycles. The SMILES string of the molecule is FS(F)(F)(F)(F)c1ccc(CNc2ncnc3ccoc23)cc1. The average Bonchev–Trinajstić information content (AvgIpc) is 2.92. The molecule has 10 heteroatoms. The van der Waals surface area contributed by atoms with Gasteiger partial charge in [0.2, 0.25) is 0 Å². The zero-order valence-electron chi connectivity index (χ0n) is 11.3. The third-order valence-electron chi connectivity index (χ3n) is 3.07. The zero-order valence-corrected chi connectivity index (χ0v) is 12.2. The molecule has 124 valence electrons. The van der Waals surface area contributed by atoms with Gasteiger partial charge in [0, 0.05) is 12.6 Å². The number of hydrogen-bond acceptors (Lipinski definition) is 4. The highest BCUT2D eigenvalue weighted by Crippen LogP contribution is 3.02. The van der Waals surface area contributed by atoms with Gasteiger partial charge >= 0.3 is 10.2 Å². The van der Waals surface area contributed by atoms with Crippen molar-refractivity contribution < 1.29 is 23.8 Å². The molecule has 3 aromatic rings. The molecule has 0 bridgehead atoms. The van der Waals surface area contributed by atoms with Gasteiger partial charge < -0.3 is 9.73 Å². The monoisotopic (exact) mass is 351 g/mol. The zero-order chi connectivity index (χ0) is 16.8. The van der Waals surface area contributed by atoms with Crippen LogP contribution in [0.4, 0.5) is 25.2 Å². The molecule has 23 heavy (non-hydrogen) atoms. The third kappa shape index (κ3) is 3.36. The average molecular weight is 351 g/mol. The number of anilines is 1. The molecule has 0 aliphatic carbocycles. The predicted octanol–water partition coefficient (Wildman–Crippen LogP) is 5.49. The molecule has 0 fully saturated rings. The van der Waals surface area contributed by atoms with Crippen LogP contribution in [0.5, 0.6) is 0 Å². The predicted molar refractivity (Wildman–Crippen MR) is 77.0 cm³/mol. The second-order valence-corrected chi connectivity index (χ2v) is 7.23. The summed E-state index contributed by atoms with van der Waals surface area (Å²) in [4.78, 5) is 6.01. The molecule has 0 saturated carbocycles. The summed E-state index contributed by atoms with van der Waals surface area (Å²) >= 11 is 0. The second kappa shape index (κ2) is 4.34. The first-order valence-corrected chi connectivity index (χ1v) is 8.23. The molecule has 1 N–H and O–H groups in total. The minimum Gasteiger partial charge on any atom is -0.459 e. The summed E-state index contributed by atoms with van der Waals surface area (Å²) in [5.74, 6) is 0.358. The molecule has 3 rings (SSSR count). The summed E-state index contributed by atoms with van der Waals surface area (Å²) in [5.41, 5.74) is 1.35. The van der Waals surface area contributed by atoms with Crippen LogP contribution in [0.15, 0.2) is 52.2 Å². The number of furan rings is 1. The van der Waals surface area contributed by atoms with Crippen LogP contribution in [0.2, 0.25) is 0 Å². The van der Waals surface area contributed by atoms with Crippen molar-refractivity contribution in [1.82, 2.24) is 9.97 Å². The van der Waals surface area contributed by atoms with Crippen LogP contribution in [-0.4, -0.2) is 9.97 Å². The molecule has 2 aromatic heterocycles. The van der Waals surface area contributed by atoms with E-state index in [1.165, 1.54) is 12.6 Å². The van der Waals surface area contributed by atoms with Gasteiger partial charge in [0.25, 0.3) is 0 Å². The number of nitrogens with zero attached hydrogens (tertiary/aromatic N) is 2. The molecular weight excluding hydrogens is 341 g/mol. The Balaban J connectivity index is 1.79. The molecule has 0 spiro atoms. The molecule has 0 amide bonds. The third-order valence-corrected chi connectivity index (χ3v) is 4.23. The van der Waals surface area contributed by atoms with E-state index < -0.39 is 15.1 Å². The Morgan fingerprint density at radius 1 is 0.957 bits per heavy atom. The van der Waals surface area contributed by atoms with Crippen LogP contribution < -0.4 is 5.32 Å². The second-order valence-electron chi connectivity index (χ2n) is 4.82. The van der Waals surface area contributed by atoms with E-state index in [-0.39, 0.29) is 6.54 Å². The van der Waals surface area contributed by atoms with E-state index in [1.54, 1.807) is 6.07 Å². The molecule has 0 unspecified atom stereocenters. The summed E-state index contributed by atoms with van der Waals surface area (Å²) in [6.45, 7) is 0.0907. The lowest BCUT2D eigenvalue weighted by atomic mass is 10.2. The van der Waals surface area contributed by atoms with Gasteiger partial charge in [0.05, 0.1) is 6.26 Å². The van der Waals surface area contributed by atoms with Gasteiger partial charge in [-0.2, -0.15) is 0 Å². The smallest absolute Gasteiger partial charge is 0.310 e. The van der Waals surface area contributed by atoms with Crippen molar-refractivity contribution in [2.45, 2.75) is 11.4 Å². The molecule has 0 atom stereocenters. The van der Waals surface area contributed by atoms with Crippen molar-refractivity contribution in [3.8, 4) is 0 Å². The Morgan fingerprint density at radius 3 is 2.30 bits per heavy atom. The van der Waals surface area contributed by atoms with Gasteiger partial charge in [0.1, 0.15) is 16.7 Å². The number of fused-ring (bicyclic) bond motifs is 1. The Kier molecular flexibility index (Phi) is 2.93. The maximum absolute atomic E-state index is 12.6. The van der Waals surface area contributed by atoms with E-state index in [0.717, 1.165) is 12.1 Å². The number of halogens is 5. The quantitative estimate of drug-likeness (QED) is 0.631. The van der Waals surface area contributed by atoms with Gasteiger partial charge in [0.15, 0.2) is 11.4 Å². The van der Waals surface area contributed by atoms with E-state index >= 15 is 0 Å². The van der Waals surface area contributed by atoms with Crippen molar-refractivity contribution in [3.05, 3.63) is 48.5 Å². The van der Waals surface area contributed by atoms with Crippen LogP contribution in [0.25, 0.3) is 11.1 Å². The van der Waals surface area contributed by atoms with Gasteiger partial charge in [-0.05, 0) is 17.7 Å². The lowest BCUT2D eigenvalue weighted by Crippen LogP contribution is -2.07. The van der Waals surface area contributed by atoms with E-state index in [4.69, 9.17) is 4.42 Å².